The van der Waals surface area contributed by atoms with Gasteiger partial charge < -0.3 is 9.88 Å². The molecular weight excluding hydrogens is 254 g/mol. The highest BCUT2D eigenvalue weighted by atomic mass is 32.2. The Bertz CT molecular complexity index is 398. The summed E-state index contributed by atoms with van der Waals surface area (Å²) in [5.74, 6) is 1.34. The lowest BCUT2D eigenvalue weighted by atomic mass is 9.97. The predicted molar refractivity (Wildman–Crippen MR) is 81.5 cm³/mol. The first-order chi connectivity index (χ1) is 9.33. The molecule has 0 spiro atoms. The summed E-state index contributed by atoms with van der Waals surface area (Å²) < 4.78 is 2.40. The van der Waals surface area contributed by atoms with Crippen molar-refractivity contribution in [3.63, 3.8) is 0 Å². The average Bonchev–Trinajstić information content (AvgIpc) is 2.88. The molecule has 0 aliphatic carbocycles. The van der Waals surface area contributed by atoms with Crippen molar-refractivity contribution in [1.29, 1.82) is 0 Å². The van der Waals surface area contributed by atoms with E-state index in [4.69, 9.17) is 0 Å². The lowest BCUT2D eigenvalue weighted by Gasteiger charge is -2.30. The molecule has 0 saturated carbocycles. The minimum Gasteiger partial charge on any atom is -0.332 e. The highest BCUT2D eigenvalue weighted by Crippen LogP contribution is 2.29. The average molecular weight is 279 g/mol. The Morgan fingerprint density at radius 2 is 2.26 bits per heavy atom. The molecule has 0 radical (unpaired) electrons. The summed E-state index contributed by atoms with van der Waals surface area (Å²) in [7, 11) is 0. The van der Waals surface area contributed by atoms with Crippen molar-refractivity contribution in [1.82, 2.24) is 14.9 Å². The normalized spacial score (nSPS) is 32.4. The fraction of sp³-hybridized carbons (Fsp3) is 0.800. The number of thioether (sulfide) groups is 1. The van der Waals surface area contributed by atoms with Crippen LogP contribution >= 0.6 is 11.8 Å². The second-order valence-electron chi connectivity index (χ2n) is 6.01. The standard InChI is InChI=1S/C15H25N3S/c1-12-5-4-7-14(17-12)15-9-16-11-18(15)10-13-6-2-3-8-19-13/h9,11-14,17H,2-8,10H2,1H3. The van der Waals surface area contributed by atoms with Crippen LogP contribution < -0.4 is 5.32 Å². The van der Waals surface area contributed by atoms with Gasteiger partial charge in [-0.25, -0.2) is 4.98 Å². The topological polar surface area (TPSA) is 29.9 Å². The second-order valence-corrected chi connectivity index (χ2v) is 7.42. The van der Waals surface area contributed by atoms with Crippen LogP contribution in [0.25, 0.3) is 0 Å². The first-order valence-electron chi connectivity index (χ1n) is 7.70. The van der Waals surface area contributed by atoms with Gasteiger partial charge in [0.2, 0.25) is 0 Å². The Morgan fingerprint density at radius 1 is 1.32 bits per heavy atom. The van der Waals surface area contributed by atoms with Gasteiger partial charge in [-0.15, -0.1) is 0 Å². The molecule has 2 fully saturated rings. The first-order valence-corrected chi connectivity index (χ1v) is 8.75. The van der Waals surface area contributed by atoms with Crippen LogP contribution in [-0.2, 0) is 6.54 Å². The van der Waals surface area contributed by atoms with E-state index < -0.39 is 0 Å². The van der Waals surface area contributed by atoms with E-state index in [9.17, 15) is 0 Å². The van der Waals surface area contributed by atoms with Gasteiger partial charge in [-0.05, 0) is 44.8 Å². The second kappa shape index (κ2) is 6.31. The lowest BCUT2D eigenvalue weighted by molar-refractivity contribution is 0.328. The molecule has 3 atom stereocenters. The summed E-state index contributed by atoms with van der Waals surface area (Å²) in [5, 5.41) is 4.52. The van der Waals surface area contributed by atoms with Gasteiger partial charge in [0.25, 0.3) is 0 Å². The molecular formula is C15H25N3S. The van der Waals surface area contributed by atoms with Gasteiger partial charge >= 0.3 is 0 Å². The van der Waals surface area contributed by atoms with Gasteiger partial charge in [0.05, 0.1) is 12.0 Å². The van der Waals surface area contributed by atoms with E-state index in [-0.39, 0.29) is 0 Å². The number of nitrogens with zero attached hydrogens (tertiary/aromatic N) is 2. The third kappa shape index (κ3) is 3.34. The molecule has 3 rings (SSSR count). The molecule has 1 N–H and O–H groups in total. The van der Waals surface area contributed by atoms with Crippen LogP contribution in [0, 0.1) is 0 Å². The third-order valence-electron chi connectivity index (χ3n) is 4.39. The molecule has 3 unspecified atom stereocenters. The number of piperidine rings is 1. The van der Waals surface area contributed by atoms with E-state index in [0.29, 0.717) is 12.1 Å². The SMILES string of the molecule is CC1CCCC(c2cncn2CC2CCCCS2)N1. The molecule has 1 aromatic heterocycles. The Kier molecular flexibility index (Phi) is 4.49. The molecule has 3 heterocycles. The number of aromatic nitrogens is 2. The highest BCUT2D eigenvalue weighted by Gasteiger charge is 2.23. The molecule has 106 valence electrons. The van der Waals surface area contributed by atoms with Crippen LogP contribution in [0.2, 0.25) is 0 Å². The van der Waals surface area contributed by atoms with Crippen LogP contribution in [0.15, 0.2) is 12.5 Å². The summed E-state index contributed by atoms with van der Waals surface area (Å²) >= 11 is 2.15. The van der Waals surface area contributed by atoms with Gasteiger partial charge in [-0.3, -0.25) is 0 Å². The summed E-state index contributed by atoms with van der Waals surface area (Å²) in [6, 6.07) is 1.16. The van der Waals surface area contributed by atoms with Gasteiger partial charge in [-0.1, -0.05) is 6.42 Å². The molecule has 3 nitrogen and oxygen atoms in total. The Labute approximate surface area is 120 Å². The van der Waals surface area contributed by atoms with Crippen molar-refractivity contribution >= 4 is 11.8 Å². The Morgan fingerprint density at radius 3 is 3.05 bits per heavy atom. The first kappa shape index (κ1) is 13.5. The van der Waals surface area contributed by atoms with E-state index in [2.05, 4.69) is 39.8 Å². The molecule has 0 amide bonds. The summed E-state index contributed by atoms with van der Waals surface area (Å²) in [5.41, 5.74) is 1.40. The molecule has 19 heavy (non-hydrogen) atoms. The van der Waals surface area contributed by atoms with Crippen LogP contribution in [0.5, 0.6) is 0 Å². The quantitative estimate of drug-likeness (QED) is 0.920. The number of nitrogens with one attached hydrogen (secondary N) is 1. The summed E-state index contributed by atoms with van der Waals surface area (Å²) in [6.45, 7) is 3.44. The van der Waals surface area contributed by atoms with E-state index in [0.717, 1.165) is 11.8 Å². The van der Waals surface area contributed by atoms with Crippen molar-refractivity contribution in [3.8, 4) is 0 Å². The minimum absolute atomic E-state index is 0.514. The predicted octanol–water partition coefficient (Wildman–Crippen LogP) is 3.37. The van der Waals surface area contributed by atoms with Crippen LogP contribution in [0.1, 0.15) is 57.2 Å². The monoisotopic (exact) mass is 279 g/mol. The molecule has 4 heteroatoms. The van der Waals surface area contributed by atoms with Gasteiger partial charge in [0.15, 0.2) is 0 Å². The zero-order chi connectivity index (χ0) is 13.1. The Balaban J connectivity index is 1.67. The smallest absolute Gasteiger partial charge is 0.0949 e. The van der Waals surface area contributed by atoms with E-state index in [1.54, 1.807) is 0 Å². The third-order valence-corrected chi connectivity index (χ3v) is 5.77. The fourth-order valence-electron chi connectivity index (χ4n) is 3.32. The zero-order valence-corrected chi connectivity index (χ0v) is 12.7. The molecule has 1 aromatic rings. The summed E-state index contributed by atoms with van der Waals surface area (Å²) in [6.07, 6.45) is 12.2. The minimum atomic E-state index is 0.514. The van der Waals surface area contributed by atoms with Crippen LogP contribution in [0.4, 0.5) is 0 Å². The van der Waals surface area contributed by atoms with E-state index >= 15 is 0 Å². The maximum absolute atomic E-state index is 4.40. The maximum atomic E-state index is 4.40. The van der Waals surface area contributed by atoms with E-state index in [1.165, 1.54) is 50.0 Å². The fourth-order valence-corrected chi connectivity index (χ4v) is 4.62. The van der Waals surface area contributed by atoms with Gasteiger partial charge in [0, 0.05) is 30.1 Å². The van der Waals surface area contributed by atoms with Gasteiger partial charge in [0.1, 0.15) is 0 Å². The van der Waals surface area contributed by atoms with Crippen LogP contribution in [-0.4, -0.2) is 26.6 Å². The number of imidazole rings is 1. The number of hydrogen-bond donors (Lipinski definition) is 1. The van der Waals surface area contributed by atoms with Crippen molar-refractivity contribution in [2.24, 2.45) is 0 Å². The molecule has 0 bridgehead atoms. The van der Waals surface area contributed by atoms with Crippen molar-refractivity contribution in [2.45, 2.75) is 69.3 Å². The molecule has 2 aliphatic heterocycles. The highest BCUT2D eigenvalue weighted by molar-refractivity contribution is 7.99. The zero-order valence-electron chi connectivity index (χ0n) is 11.8. The van der Waals surface area contributed by atoms with E-state index in [1.807, 2.05) is 6.33 Å². The van der Waals surface area contributed by atoms with Crippen molar-refractivity contribution < 1.29 is 0 Å². The Hall–Kier alpha value is -0.480. The van der Waals surface area contributed by atoms with Crippen LogP contribution in [0.3, 0.4) is 0 Å². The largest absolute Gasteiger partial charge is 0.332 e. The number of rotatable bonds is 3. The molecule has 0 aromatic carbocycles. The summed E-state index contributed by atoms with van der Waals surface area (Å²) in [4.78, 5) is 4.40. The van der Waals surface area contributed by atoms with Gasteiger partial charge in [-0.2, -0.15) is 11.8 Å². The maximum Gasteiger partial charge on any atom is 0.0949 e. The van der Waals surface area contributed by atoms with Crippen molar-refractivity contribution in [2.75, 3.05) is 5.75 Å². The van der Waals surface area contributed by atoms with Crippen molar-refractivity contribution in [3.05, 3.63) is 18.2 Å². The number of hydrogen-bond acceptors (Lipinski definition) is 3. The molecule has 2 aliphatic rings. The lowest BCUT2D eigenvalue weighted by Crippen LogP contribution is -2.36. The molecule has 2 saturated heterocycles.